The molecule has 0 aliphatic carbocycles. The predicted molar refractivity (Wildman–Crippen MR) is 135 cm³/mol. The first kappa shape index (κ1) is 23.3. The lowest BCUT2D eigenvalue weighted by atomic mass is 10.0. The number of anilines is 1. The van der Waals surface area contributed by atoms with E-state index < -0.39 is 0 Å². The number of amides is 2. The van der Waals surface area contributed by atoms with Crippen LogP contribution >= 0.6 is 11.6 Å². The normalized spacial score (nSPS) is 11.6. The number of halogens is 1. The minimum Gasteiger partial charge on any atom is -0.349 e. The fourth-order valence-electron chi connectivity index (χ4n) is 3.74. The number of rotatable bonds is 7. The number of carbonyl (C=O) groups is 2. The molecule has 2 amide bonds. The highest BCUT2D eigenvalue weighted by Gasteiger charge is 2.17. The smallest absolute Gasteiger partial charge is 0.225 e. The Bertz CT molecular complexity index is 1300. The highest BCUT2D eigenvalue weighted by Crippen LogP contribution is 2.26. The lowest BCUT2D eigenvalue weighted by molar-refractivity contribution is -0.121. The van der Waals surface area contributed by atoms with Crippen LogP contribution in [0.3, 0.4) is 0 Å². The molecule has 7 heteroatoms. The van der Waals surface area contributed by atoms with Crippen molar-refractivity contribution in [1.82, 2.24) is 15.1 Å². The molecular weight excluding hydrogens is 448 g/mol. The van der Waals surface area contributed by atoms with Crippen LogP contribution in [0.5, 0.6) is 0 Å². The molecule has 1 heterocycles. The monoisotopic (exact) mass is 472 g/mol. The van der Waals surface area contributed by atoms with Crippen LogP contribution in [-0.4, -0.2) is 21.6 Å². The van der Waals surface area contributed by atoms with Crippen molar-refractivity contribution >= 4 is 29.1 Å². The Morgan fingerprint density at radius 1 is 1.00 bits per heavy atom. The summed E-state index contributed by atoms with van der Waals surface area (Å²) in [5.74, 6) is -0.265. The van der Waals surface area contributed by atoms with Crippen LogP contribution < -0.4 is 10.6 Å². The van der Waals surface area contributed by atoms with E-state index in [4.69, 9.17) is 16.7 Å². The maximum Gasteiger partial charge on any atom is 0.225 e. The van der Waals surface area contributed by atoms with Crippen molar-refractivity contribution in [2.75, 3.05) is 5.32 Å². The fourth-order valence-corrected chi connectivity index (χ4v) is 3.87. The Kier molecular flexibility index (Phi) is 7.09. The molecule has 0 bridgehead atoms. The summed E-state index contributed by atoms with van der Waals surface area (Å²) in [6.45, 7) is 3.38. The van der Waals surface area contributed by atoms with E-state index in [0.29, 0.717) is 10.7 Å². The molecular formula is C27H25ClN4O2. The zero-order valence-corrected chi connectivity index (χ0v) is 19.7. The van der Waals surface area contributed by atoms with Crippen molar-refractivity contribution in [3.63, 3.8) is 0 Å². The van der Waals surface area contributed by atoms with Gasteiger partial charge < -0.3 is 10.6 Å². The third-order valence-corrected chi connectivity index (χ3v) is 5.62. The van der Waals surface area contributed by atoms with Crippen molar-refractivity contribution in [2.24, 2.45) is 0 Å². The van der Waals surface area contributed by atoms with E-state index in [-0.39, 0.29) is 24.3 Å². The van der Waals surface area contributed by atoms with Gasteiger partial charge in [-0.25, -0.2) is 4.68 Å². The van der Waals surface area contributed by atoms with E-state index in [1.54, 1.807) is 4.68 Å². The largest absolute Gasteiger partial charge is 0.349 e. The second-order valence-corrected chi connectivity index (χ2v) is 8.50. The zero-order valence-electron chi connectivity index (χ0n) is 19.0. The van der Waals surface area contributed by atoms with Crippen LogP contribution in [0.15, 0.2) is 85.1 Å². The minimum absolute atomic E-state index is 0.125. The fraction of sp³-hybridized carbons (Fsp3) is 0.148. The van der Waals surface area contributed by atoms with Crippen LogP contribution in [0.4, 0.5) is 5.69 Å². The molecule has 172 valence electrons. The first-order chi connectivity index (χ1) is 16.4. The number of nitrogens with zero attached hydrogens (tertiary/aromatic N) is 2. The Labute approximate surface area is 203 Å². The van der Waals surface area contributed by atoms with Gasteiger partial charge in [-0.15, -0.1) is 0 Å². The van der Waals surface area contributed by atoms with Gasteiger partial charge in [-0.05, 0) is 48.9 Å². The van der Waals surface area contributed by atoms with E-state index in [2.05, 4.69) is 10.6 Å². The lowest BCUT2D eigenvalue weighted by Gasteiger charge is -2.15. The molecule has 0 radical (unpaired) electrons. The Morgan fingerprint density at radius 3 is 2.44 bits per heavy atom. The van der Waals surface area contributed by atoms with Crippen molar-refractivity contribution < 1.29 is 9.59 Å². The molecule has 0 saturated heterocycles. The highest BCUT2D eigenvalue weighted by molar-refractivity contribution is 6.30. The summed E-state index contributed by atoms with van der Waals surface area (Å²) in [5.41, 5.74) is 4.93. The average molecular weight is 473 g/mol. The molecule has 0 spiro atoms. The first-order valence-corrected chi connectivity index (χ1v) is 11.3. The van der Waals surface area contributed by atoms with Crippen LogP contribution in [-0.2, 0) is 16.0 Å². The molecule has 4 rings (SSSR count). The number of hydrogen-bond donors (Lipinski definition) is 2. The van der Waals surface area contributed by atoms with Gasteiger partial charge in [0.25, 0.3) is 0 Å². The third kappa shape index (κ3) is 5.71. The van der Waals surface area contributed by atoms with E-state index in [9.17, 15) is 9.59 Å². The van der Waals surface area contributed by atoms with Gasteiger partial charge in [-0.1, -0.05) is 54.1 Å². The van der Waals surface area contributed by atoms with Crippen LogP contribution in [0.25, 0.3) is 16.9 Å². The summed E-state index contributed by atoms with van der Waals surface area (Å²) in [5, 5.41) is 11.2. The summed E-state index contributed by atoms with van der Waals surface area (Å²) < 4.78 is 1.78. The van der Waals surface area contributed by atoms with Crippen LogP contribution in [0.2, 0.25) is 5.02 Å². The standard InChI is InChI=1S/C27H25ClN4O2/c1-18(21-7-6-8-24(15-21)30-19(2)33)29-26(34)16-22-17-32(25-9-4-3-5-10-25)31-27(22)20-11-13-23(28)14-12-20/h3-15,17-18H,16H2,1-2H3,(H,29,34)(H,30,33)/t18-/m0/s1. The Morgan fingerprint density at radius 2 is 1.74 bits per heavy atom. The van der Waals surface area contributed by atoms with Gasteiger partial charge >= 0.3 is 0 Å². The molecule has 0 unspecified atom stereocenters. The highest BCUT2D eigenvalue weighted by atomic mass is 35.5. The van der Waals surface area contributed by atoms with Gasteiger partial charge in [0.1, 0.15) is 0 Å². The minimum atomic E-state index is -0.232. The van der Waals surface area contributed by atoms with Crippen LogP contribution in [0.1, 0.15) is 31.0 Å². The topological polar surface area (TPSA) is 76.0 Å². The molecule has 1 atom stereocenters. The van der Waals surface area contributed by atoms with Crippen LogP contribution in [0, 0.1) is 0 Å². The average Bonchev–Trinajstić information content (AvgIpc) is 3.23. The second kappa shape index (κ2) is 10.4. The quantitative estimate of drug-likeness (QED) is 0.369. The van der Waals surface area contributed by atoms with Gasteiger partial charge in [-0.2, -0.15) is 5.10 Å². The van der Waals surface area contributed by atoms with Gasteiger partial charge in [0.05, 0.1) is 23.8 Å². The van der Waals surface area contributed by atoms with Gasteiger partial charge in [0, 0.05) is 35.0 Å². The van der Waals surface area contributed by atoms with E-state index in [1.807, 2.05) is 92.0 Å². The summed E-state index contributed by atoms with van der Waals surface area (Å²) in [6, 6.07) is 24.4. The van der Waals surface area contributed by atoms with Crippen molar-refractivity contribution in [1.29, 1.82) is 0 Å². The van der Waals surface area contributed by atoms with E-state index in [0.717, 1.165) is 28.1 Å². The van der Waals surface area contributed by atoms with Crippen molar-refractivity contribution in [2.45, 2.75) is 26.3 Å². The molecule has 3 aromatic carbocycles. The molecule has 34 heavy (non-hydrogen) atoms. The van der Waals surface area contributed by atoms with Gasteiger partial charge in [0.15, 0.2) is 0 Å². The van der Waals surface area contributed by atoms with Gasteiger partial charge in [-0.3, -0.25) is 9.59 Å². The third-order valence-electron chi connectivity index (χ3n) is 5.36. The first-order valence-electron chi connectivity index (χ1n) is 11.0. The molecule has 0 aliphatic rings. The maximum atomic E-state index is 13.0. The number of carbonyl (C=O) groups excluding carboxylic acids is 2. The number of nitrogens with one attached hydrogen (secondary N) is 2. The molecule has 6 nitrogen and oxygen atoms in total. The molecule has 2 N–H and O–H groups in total. The van der Waals surface area contributed by atoms with E-state index in [1.165, 1.54) is 6.92 Å². The van der Waals surface area contributed by atoms with E-state index >= 15 is 0 Å². The zero-order chi connectivity index (χ0) is 24.1. The maximum absolute atomic E-state index is 13.0. The molecule has 0 saturated carbocycles. The molecule has 1 aromatic heterocycles. The van der Waals surface area contributed by atoms with Gasteiger partial charge in [0.2, 0.25) is 11.8 Å². The number of para-hydroxylation sites is 1. The molecule has 0 aliphatic heterocycles. The predicted octanol–water partition coefficient (Wildman–Crippen LogP) is 5.57. The summed E-state index contributed by atoms with van der Waals surface area (Å²) in [4.78, 5) is 24.4. The molecule has 4 aromatic rings. The number of hydrogen-bond acceptors (Lipinski definition) is 3. The summed E-state index contributed by atoms with van der Waals surface area (Å²) in [7, 11) is 0. The molecule has 0 fully saturated rings. The Hall–Kier alpha value is -3.90. The SMILES string of the molecule is CC(=O)Nc1cccc([C@H](C)NC(=O)Cc2cn(-c3ccccc3)nc2-c2ccc(Cl)cc2)c1. The summed E-state index contributed by atoms with van der Waals surface area (Å²) >= 11 is 6.07. The second-order valence-electron chi connectivity index (χ2n) is 8.06. The lowest BCUT2D eigenvalue weighted by Crippen LogP contribution is -2.28. The Balaban J connectivity index is 1.56. The number of benzene rings is 3. The van der Waals surface area contributed by atoms with Crippen molar-refractivity contribution in [3.8, 4) is 16.9 Å². The van der Waals surface area contributed by atoms with Crippen molar-refractivity contribution in [3.05, 3.63) is 101 Å². The summed E-state index contributed by atoms with van der Waals surface area (Å²) in [6.07, 6.45) is 2.06. The number of aromatic nitrogens is 2.